The first-order valence-corrected chi connectivity index (χ1v) is 9.10. The number of hydrogen-bond acceptors (Lipinski definition) is 8. The molecular weight excluding hydrogens is 411 g/mol. The van der Waals surface area contributed by atoms with Crippen LogP contribution in [0.3, 0.4) is 0 Å². The Morgan fingerprint density at radius 1 is 1.35 bits per heavy atom. The maximum Gasteiger partial charge on any atom is 0.414 e. The topological polar surface area (TPSA) is 150 Å². The van der Waals surface area contributed by atoms with Crippen molar-refractivity contribution in [1.82, 2.24) is 29.6 Å². The number of hydrogen-bond donors (Lipinski definition) is 2. The molecule has 1 aromatic carbocycles. The van der Waals surface area contributed by atoms with Gasteiger partial charge in [0.2, 0.25) is 11.9 Å². The van der Waals surface area contributed by atoms with Crippen LogP contribution in [0.4, 0.5) is 20.8 Å². The number of anilines is 2. The Morgan fingerprint density at radius 2 is 2.16 bits per heavy atom. The summed E-state index contributed by atoms with van der Waals surface area (Å²) in [4.78, 5) is 44.4. The van der Waals surface area contributed by atoms with Gasteiger partial charge in [0.15, 0.2) is 0 Å². The number of cyclic esters (lactones) is 1. The molecule has 2 aromatic heterocycles. The van der Waals surface area contributed by atoms with E-state index in [4.69, 9.17) is 10.5 Å². The van der Waals surface area contributed by atoms with Gasteiger partial charge in [0.05, 0.1) is 24.5 Å². The first-order chi connectivity index (χ1) is 14.8. The Kier molecular flexibility index (Phi) is 5.07. The number of nitrogens with two attached hydrogens (primary N) is 1. The van der Waals surface area contributed by atoms with Crippen molar-refractivity contribution < 1.29 is 23.5 Å². The summed E-state index contributed by atoms with van der Waals surface area (Å²) in [6, 6.07) is 4.16. The minimum atomic E-state index is -0.646. The quantitative estimate of drug-likeness (QED) is 0.590. The molecule has 160 valence electrons. The van der Waals surface area contributed by atoms with E-state index in [1.165, 1.54) is 47.1 Å². The highest BCUT2D eigenvalue weighted by molar-refractivity contribution is 5.94. The molecule has 1 fully saturated rings. The van der Waals surface area contributed by atoms with Gasteiger partial charge in [0.25, 0.3) is 0 Å². The SMILES string of the molecule is CC(=O)NC[C@H]1CN(c2ccc(-n3cnc(C(=O)n4ncnc4N)c3)c(F)c2)C(=O)O1. The highest BCUT2D eigenvalue weighted by Gasteiger charge is 2.32. The molecule has 1 aliphatic heterocycles. The molecule has 3 aromatic rings. The van der Waals surface area contributed by atoms with E-state index in [0.29, 0.717) is 5.69 Å². The van der Waals surface area contributed by atoms with Crippen LogP contribution in [0.15, 0.2) is 37.1 Å². The second kappa shape index (κ2) is 7.85. The number of halogens is 1. The summed E-state index contributed by atoms with van der Waals surface area (Å²) in [6.07, 6.45) is 2.56. The number of benzene rings is 1. The number of nitrogen functional groups attached to an aromatic ring is 1. The van der Waals surface area contributed by atoms with E-state index in [2.05, 4.69) is 20.4 Å². The molecule has 0 saturated carbocycles. The van der Waals surface area contributed by atoms with Crippen LogP contribution in [0.2, 0.25) is 0 Å². The van der Waals surface area contributed by atoms with E-state index >= 15 is 0 Å². The zero-order valence-electron chi connectivity index (χ0n) is 16.2. The van der Waals surface area contributed by atoms with Gasteiger partial charge >= 0.3 is 12.0 Å². The van der Waals surface area contributed by atoms with Gasteiger partial charge in [-0.25, -0.2) is 14.2 Å². The van der Waals surface area contributed by atoms with Crippen molar-refractivity contribution in [2.24, 2.45) is 0 Å². The summed E-state index contributed by atoms with van der Waals surface area (Å²) < 4.78 is 22.2. The van der Waals surface area contributed by atoms with Crippen molar-refractivity contribution in [1.29, 1.82) is 0 Å². The van der Waals surface area contributed by atoms with Crippen molar-refractivity contribution in [2.75, 3.05) is 23.7 Å². The Labute approximate surface area is 174 Å². The fourth-order valence-electron chi connectivity index (χ4n) is 3.05. The summed E-state index contributed by atoms with van der Waals surface area (Å²) in [5.41, 5.74) is 5.96. The van der Waals surface area contributed by atoms with Crippen LogP contribution >= 0.6 is 0 Å². The molecule has 0 radical (unpaired) electrons. The van der Waals surface area contributed by atoms with Crippen LogP contribution < -0.4 is 16.0 Å². The second-order valence-electron chi connectivity index (χ2n) is 6.69. The lowest BCUT2D eigenvalue weighted by Gasteiger charge is -2.14. The number of nitrogens with zero attached hydrogens (tertiary/aromatic N) is 6. The average Bonchev–Trinajstić information content (AvgIpc) is 3.46. The molecule has 4 rings (SSSR count). The van der Waals surface area contributed by atoms with Crippen molar-refractivity contribution in [3.8, 4) is 5.69 Å². The third-order valence-electron chi connectivity index (χ3n) is 4.54. The van der Waals surface area contributed by atoms with Crippen LogP contribution in [0.1, 0.15) is 17.4 Å². The summed E-state index contributed by atoms with van der Waals surface area (Å²) in [5, 5.41) is 6.29. The Morgan fingerprint density at radius 3 is 2.84 bits per heavy atom. The molecule has 0 aliphatic carbocycles. The number of carbonyl (C=O) groups excluding carboxylic acids is 3. The molecule has 0 bridgehead atoms. The Balaban J connectivity index is 1.52. The minimum absolute atomic E-state index is 0.00962. The highest BCUT2D eigenvalue weighted by atomic mass is 19.1. The largest absolute Gasteiger partial charge is 0.442 e. The van der Waals surface area contributed by atoms with Crippen LogP contribution in [-0.2, 0) is 9.53 Å². The number of nitrogens with one attached hydrogen (secondary N) is 1. The number of ether oxygens (including phenoxy) is 1. The first-order valence-electron chi connectivity index (χ1n) is 9.10. The van der Waals surface area contributed by atoms with Gasteiger partial charge in [-0.15, -0.1) is 0 Å². The minimum Gasteiger partial charge on any atom is -0.442 e. The van der Waals surface area contributed by atoms with Crippen LogP contribution in [0.5, 0.6) is 0 Å². The number of imidazole rings is 1. The van der Waals surface area contributed by atoms with Crippen molar-refractivity contribution in [2.45, 2.75) is 13.0 Å². The first kappa shape index (κ1) is 20.0. The molecule has 13 heteroatoms. The van der Waals surface area contributed by atoms with E-state index < -0.39 is 23.9 Å². The van der Waals surface area contributed by atoms with Gasteiger partial charge in [0, 0.05) is 13.1 Å². The molecule has 3 heterocycles. The smallest absolute Gasteiger partial charge is 0.414 e. The molecule has 3 N–H and O–H groups in total. The molecule has 0 unspecified atom stereocenters. The molecule has 2 amide bonds. The number of aromatic nitrogens is 5. The molecule has 12 nitrogen and oxygen atoms in total. The van der Waals surface area contributed by atoms with Crippen molar-refractivity contribution >= 4 is 29.5 Å². The lowest BCUT2D eigenvalue weighted by molar-refractivity contribution is -0.119. The van der Waals surface area contributed by atoms with Gasteiger partial charge in [-0.3, -0.25) is 14.5 Å². The third-order valence-corrected chi connectivity index (χ3v) is 4.54. The Bertz CT molecular complexity index is 1170. The predicted octanol–water partition coefficient (Wildman–Crippen LogP) is 0.335. The summed E-state index contributed by atoms with van der Waals surface area (Å²) in [5.74, 6) is -1.60. The van der Waals surface area contributed by atoms with E-state index in [9.17, 15) is 18.8 Å². The monoisotopic (exact) mass is 428 g/mol. The van der Waals surface area contributed by atoms with Gasteiger partial charge in [0.1, 0.15) is 30.3 Å². The van der Waals surface area contributed by atoms with E-state index in [0.717, 1.165) is 11.0 Å². The van der Waals surface area contributed by atoms with E-state index in [1.807, 2.05) is 0 Å². The third kappa shape index (κ3) is 3.92. The molecular formula is C18H17FN8O4. The lowest BCUT2D eigenvalue weighted by Crippen LogP contribution is -2.33. The number of amides is 2. The standard InChI is InChI=1S/C18H17FN8O4/c1-10(28)21-5-12-6-26(18(30)31-12)11-2-3-15(13(19)4-11)25-7-14(23-9-25)16(29)27-17(20)22-8-24-27/h2-4,7-9,12H,5-6H2,1H3,(H,21,28)(H2,20,22,24)/t12-/m0/s1. The van der Waals surface area contributed by atoms with Gasteiger partial charge < -0.3 is 20.4 Å². The predicted molar refractivity (Wildman–Crippen MR) is 104 cm³/mol. The Hall–Kier alpha value is -4.29. The maximum absolute atomic E-state index is 14.8. The van der Waals surface area contributed by atoms with Gasteiger partial charge in [-0.05, 0) is 18.2 Å². The molecule has 1 saturated heterocycles. The summed E-state index contributed by atoms with van der Waals surface area (Å²) in [7, 11) is 0. The summed E-state index contributed by atoms with van der Waals surface area (Å²) in [6.45, 7) is 1.69. The fraction of sp³-hybridized carbons (Fsp3) is 0.222. The molecule has 1 aliphatic rings. The summed E-state index contributed by atoms with van der Waals surface area (Å²) >= 11 is 0. The lowest BCUT2D eigenvalue weighted by atomic mass is 10.2. The number of carbonyl (C=O) groups is 3. The fourth-order valence-corrected chi connectivity index (χ4v) is 3.05. The van der Waals surface area contributed by atoms with E-state index in [-0.39, 0.29) is 36.3 Å². The van der Waals surface area contributed by atoms with Crippen LogP contribution in [0.25, 0.3) is 5.69 Å². The normalized spacial score (nSPS) is 15.7. The molecule has 0 spiro atoms. The van der Waals surface area contributed by atoms with Crippen LogP contribution in [-0.4, -0.2) is 61.4 Å². The van der Waals surface area contributed by atoms with Crippen molar-refractivity contribution in [3.63, 3.8) is 0 Å². The van der Waals surface area contributed by atoms with Crippen molar-refractivity contribution in [3.05, 3.63) is 48.6 Å². The van der Waals surface area contributed by atoms with E-state index in [1.54, 1.807) is 0 Å². The molecule has 31 heavy (non-hydrogen) atoms. The zero-order chi connectivity index (χ0) is 22.1. The van der Waals surface area contributed by atoms with Gasteiger partial charge in [-0.2, -0.15) is 14.8 Å². The average molecular weight is 428 g/mol. The maximum atomic E-state index is 14.8. The second-order valence-corrected chi connectivity index (χ2v) is 6.69. The van der Waals surface area contributed by atoms with Crippen LogP contribution in [0, 0.1) is 5.82 Å². The molecule has 1 atom stereocenters. The zero-order valence-corrected chi connectivity index (χ0v) is 16.2. The highest BCUT2D eigenvalue weighted by Crippen LogP contribution is 2.25. The van der Waals surface area contributed by atoms with Gasteiger partial charge in [-0.1, -0.05) is 0 Å². The number of rotatable bonds is 5.